The molecule has 1 N–H and O–H groups in total. The van der Waals surface area contributed by atoms with Crippen molar-refractivity contribution in [2.24, 2.45) is 0 Å². The summed E-state index contributed by atoms with van der Waals surface area (Å²) in [4.78, 5) is 2.35. The summed E-state index contributed by atoms with van der Waals surface area (Å²) in [5.74, 6) is -0.346. The molecule has 1 aromatic carbocycles. The van der Waals surface area contributed by atoms with Crippen LogP contribution in [0.5, 0.6) is 0 Å². The third kappa shape index (κ3) is 3.07. The zero-order valence-corrected chi connectivity index (χ0v) is 12.5. The Morgan fingerprint density at radius 3 is 2.86 bits per heavy atom. The molecule has 1 saturated heterocycles. The molecule has 1 fully saturated rings. The van der Waals surface area contributed by atoms with E-state index in [1.54, 1.807) is 0 Å². The largest absolute Gasteiger partial charge is 0.314 e. The number of halogens is 2. The van der Waals surface area contributed by atoms with Gasteiger partial charge in [0.25, 0.3) is 0 Å². The minimum Gasteiger partial charge on any atom is -0.314 e. The van der Waals surface area contributed by atoms with E-state index in [-0.39, 0.29) is 11.9 Å². The second-order valence-corrected chi connectivity index (χ2v) is 5.55. The fraction of sp³-hybridized carbons (Fsp3) is 0.429. The van der Waals surface area contributed by atoms with Gasteiger partial charge in [-0.15, -0.1) is 5.10 Å². The predicted octanol–water partition coefficient (Wildman–Crippen LogP) is 2.03. The number of nitrogens with zero attached hydrogens (tertiary/aromatic N) is 4. The van der Waals surface area contributed by atoms with Crippen molar-refractivity contribution in [2.45, 2.75) is 13.0 Å². The van der Waals surface area contributed by atoms with Gasteiger partial charge in [0.05, 0.1) is 28.6 Å². The molecule has 1 aliphatic heterocycles. The molecule has 1 aliphatic rings. The lowest BCUT2D eigenvalue weighted by atomic mass is 10.2. The van der Waals surface area contributed by atoms with Crippen molar-refractivity contribution in [3.63, 3.8) is 0 Å². The monoisotopic (exact) mass is 309 g/mol. The fourth-order valence-electron chi connectivity index (χ4n) is 2.50. The quantitative estimate of drug-likeness (QED) is 0.942. The maximum absolute atomic E-state index is 13.4. The van der Waals surface area contributed by atoms with E-state index in [2.05, 4.69) is 27.5 Å². The van der Waals surface area contributed by atoms with E-state index in [0.29, 0.717) is 10.7 Å². The van der Waals surface area contributed by atoms with Gasteiger partial charge < -0.3 is 5.32 Å². The van der Waals surface area contributed by atoms with Crippen LogP contribution >= 0.6 is 11.6 Å². The van der Waals surface area contributed by atoms with Crippen molar-refractivity contribution in [3.05, 3.63) is 40.9 Å². The Labute approximate surface area is 127 Å². The topological polar surface area (TPSA) is 46.0 Å². The van der Waals surface area contributed by atoms with Gasteiger partial charge in [-0.05, 0) is 19.1 Å². The van der Waals surface area contributed by atoms with Gasteiger partial charge in [0, 0.05) is 32.2 Å². The summed E-state index contributed by atoms with van der Waals surface area (Å²) in [6, 6.07) is 4.38. The summed E-state index contributed by atoms with van der Waals surface area (Å²) in [5.41, 5.74) is 1.36. The van der Waals surface area contributed by atoms with Gasteiger partial charge >= 0.3 is 0 Å². The molecule has 2 heterocycles. The Kier molecular flexibility index (Phi) is 4.19. The van der Waals surface area contributed by atoms with Crippen LogP contribution in [-0.4, -0.2) is 46.1 Å². The molecule has 1 atom stereocenters. The molecule has 0 radical (unpaired) electrons. The van der Waals surface area contributed by atoms with Crippen LogP contribution in [0.3, 0.4) is 0 Å². The van der Waals surface area contributed by atoms with Crippen LogP contribution in [0.2, 0.25) is 5.02 Å². The highest BCUT2D eigenvalue weighted by Crippen LogP contribution is 2.23. The lowest BCUT2D eigenvalue weighted by molar-refractivity contribution is 0.182. The van der Waals surface area contributed by atoms with E-state index in [1.165, 1.54) is 22.9 Å². The van der Waals surface area contributed by atoms with Crippen LogP contribution in [-0.2, 0) is 0 Å². The highest BCUT2D eigenvalue weighted by Gasteiger charge is 2.21. The maximum Gasteiger partial charge on any atom is 0.125 e. The lowest BCUT2D eigenvalue weighted by Gasteiger charge is -2.31. The van der Waals surface area contributed by atoms with Gasteiger partial charge in [-0.1, -0.05) is 16.8 Å². The van der Waals surface area contributed by atoms with Gasteiger partial charge in [-0.25, -0.2) is 9.07 Å². The molecule has 3 rings (SSSR count). The van der Waals surface area contributed by atoms with E-state index in [4.69, 9.17) is 11.6 Å². The first-order valence-electron chi connectivity index (χ1n) is 6.97. The van der Waals surface area contributed by atoms with Crippen LogP contribution in [0.15, 0.2) is 24.4 Å². The summed E-state index contributed by atoms with van der Waals surface area (Å²) in [7, 11) is 0. The van der Waals surface area contributed by atoms with Crippen LogP contribution in [0.4, 0.5) is 4.39 Å². The lowest BCUT2D eigenvalue weighted by Crippen LogP contribution is -2.44. The Hall–Kier alpha value is -1.50. The molecular weight excluding hydrogens is 293 g/mol. The summed E-state index contributed by atoms with van der Waals surface area (Å²) in [5, 5.41) is 12.1. The van der Waals surface area contributed by atoms with E-state index in [1.807, 2.05) is 6.20 Å². The molecular formula is C14H17ClFN5. The Balaban J connectivity index is 1.84. The van der Waals surface area contributed by atoms with Gasteiger partial charge in [0.15, 0.2) is 0 Å². The Morgan fingerprint density at radius 2 is 2.10 bits per heavy atom. The van der Waals surface area contributed by atoms with Crippen molar-refractivity contribution < 1.29 is 4.39 Å². The molecule has 0 amide bonds. The van der Waals surface area contributed by atoms with E-state index in [9.17, 15) is 4.39 Å². The SMILES string of the molecule is CC(c1cn(-c2cc(F)ccc2Cl)nn1)N1CCNCC1. The van der Waals surface area contributed by atoms with Crippen molar-refractivity contribution in [2.75, 3.05) is 26.2 Å². The van der Waals surface area contributed by atoms with Gasteiger partial charge in [0.1, 0.15) is 5.82 Å². The number of hydrogen-bond acceptors (Lipinski definition) is 4. The average Bonchev–Trinajstić information content (AvgIpc) is 2.99. The summed E-state index contributed by atoms with van der Waals surface area (Å²) >= 11 is 6.09. The average molecular weight is 310 g/mol. The molecule has 0 aliphatic carbocycles. The number of aromatic nitrogens is 3. The number of piperazine rings is 1. The summed E-state index contributed by atoms with van der Waals surface area (Å²) in [6.07, 6.45) is 1.81. The molecule has 5 nitrogen and oxygen atoms in total. The van der Waals surface area contributed by atoms with Gasteiger partial charge in [0.2, 0.25) is 0 Å². The van der Waals surface area contributed by atoms with Crippen LogP contribution < -0.4 is 5.32 Å². The first-order chi connectivity index (χ1) is 10.1. The first kappa shape index (κ1) is 14.4. The Bertz CT molecular complexity index is 624. The number of nitrogens with one attached hydrogen (secondary N) is 1. The molecule has 0 saturated carbocycles. The third-order valence-corrected chi connectivity index (χ3v) is 4.11. The molecule has 1 aromatic heterocycles. The molecule has 112 valence electrons. The summed E-state index contributed by atoms with van der Waals surface area (Å²) in [6.45, 7) is 6.03. The molecule has 2 aromatic rings. The van der Waals surface area contributed by atoms with Crippen LogP contribution in [0, 0.1) is 5.82 Å². The molecule has 21 heavy (non-hydrogen) atoms. The molecule has 0 spiro atoms. The van der Waals surface area contributed by atoms with Crippen molar-refractivity contribution in [1.82, 2.24) is 25.2 Å². The Morgan fingerprint density at radius 1 is 1.33 bits per heavy atom. The minimum atomic E-state index is -0.346. The van der Waals surface area contributed by atoms with Gasteiger partial charge in [-0.3, -0.25) is 4.90 Å². The van der Waals surface area contributed by atoms with E-state index in [0.717, 1.165) is 31.9 Å². The zero-order valence-electron chi connectivity index (χ0n) is 11.8. The highest BCUT2D eigenvalue weighted by molar-refractivity contribution is 6.32. The number of rotatable bonds is 3. The smallest absolute Gasteiger partial charge is 0.125 e. The van der Waals surface area contributed by atoms with E-state index >= 15 is 0 Å². The van der Waals surface area contributed by atoms with Crippen molar-refractivity contribution >= 4 is 11.6 Å². The summed E-state index contributed by atoms with van der Waals surface area (Å²) < 4.78 is 14.9. The number of hydrogen-bond donors (Lipinski definition) is 1. The van der Waals surface area contributed by atoms with E-state index < -0.39 is 0 Å². The van der Waals surface area contributed by atoms with Crippen LogP contribution in [0.25, 0.3) is 5.69 Å². The standard InChI is InChI=1S/C14H17ClFN5/c1-10(20-6-4-17-5-7-20)13-9-21(19-18-13)14-8-11(16)2-3-12(14)15/h2-3,8-10,17H,4-7H2,1H3. The first-order valence-corrected chi connectivity index (χ1v) is 7.35. The minimum absolute atomic E-state index is 0.174. The maximum atomic E-state index is 13.4. The second-order valence-electron chi connectivity index (χ2n) is 5.15. The number of benzene rings is 1. The zero-order chi connectivity index (χ0) is 14.8. The van der Waals surface area contributed by atoms with Crippen molar-refractivity contribution in [3.8, 4) is 5.69 Å². The normalized spacial score (nSPS) is 17.9. The van der Waals surface area contributed by atoms with Gasteiger partial charge in [-0.2, -0.15) is 0 Å². The van der Waals surface area contributed by atoms with Crippen molar-refractivity contribution in [1.29, 1.82) is 0 Å². The molecule has 7 heteroatoms. The van der Waals surface area contributed by atoms with Crippen LogP contribution in [0.1, 0.15) is 18.7 Å². The predicted molar refractivity (Wildman–Crippen MR) is 79.2 cm³/mol. The molecule has 0 bridgehead atoms. The fourth-order valence-corrected chi connectivity index (χ4v) is 2.71. The second kappa shape index (κ2) is 6.09. The highest BCUT2D eigenvalue weighted by atomic mass is 35.5. The molecule has 1 unspecified atom stereocenters. The third-order valence-electron chi connectivity index (χ3n) is 3.79.